The molecule has 0 radical (unpaired) electrons. The van der Waals surface area contributed by atoms with Crippen LogP contribution in [0.2, 0.25) is 0 Å². The molecule has 0 atom stereocenters. The van der Waals surface area contributed by atoms with Crippen molar-refractivity contribution in [1.82, 2.24) is 14.7 Å². The molecule has 1 aliphatic rings. The van der Waals surface area contributed by atoms with E-state index in [-0.39, 0.29) is 17.9 Å². The van der Waals surface area contributed by atoms with Crippen molar-refractivity contribution in [3.05, 3.63) is 87.3 Å². The van der Waals surface area contributed by atoms with Gasteiger partial charge in [0.25, 0.3) is 5.91 Å². The maximum atomic E-state index is 13.2. The molecule has 2 heterocycles. The topological polar surface area (TPSA) is 67.7 Å². The quantitative estimate of drug-likeness (QED) is 0.551. The van der Waals surface area contributed by atoms with Crippen LogP contribution in [0.1, 0.15) is 27.3 Å². The van der Waals surface area contributed by atoms with Gasteiger partial charge in [-0.15, -0.1) is 0 Å². The zero-order chi connectivity index (χ0) is 25.2. The van der Waals surface area contributed by atoms with Gasteiger partial charge < -0.3 is 14.5 Å². The molecule has 7 nitrogen and oxygen atoms in total. The van der Waals surface area contributed by atoms with E-state index < -0.39 is 23.1 Å². The summed E-state index contributed by atoms with van der Waals surface area (Å²) in [5.41, 5.74) is 0.546. The maximum absolute atomic E-state index is 13.2. The van der Waals surface area contributed by atoms with Gasteiger partial charge in [0.15, 0.2) is 5.69 Å². The predicted octanol–water partition coefficient (Wildman–Crippen LogP) is 3.67. The molecule has 1 fully saturated rings. The number of nitrogens with zero attached hydrogens (tertiary/aromatic N) is 4. The third-order valence-electron chi connectivity index (χ3n) is 5.81. The standard InChI is InChI=1S/C25H25F3N4O3/c1-17-14-22(33)23(29-32(17)21-5-3-4-19(15-21)25(26,27)28)24(34)30(2)16-18-6-8-20(9-7-18)31-10-12-35-13-11-31/h3-9,14-15H,10-13,16H2,1-2H3. The highest BCUT2D eigenvalue weighted by Gasteiger charge is 2.31. The molecule has 184 valence electrons. The molecule has 10 heteroatoms. The molecule has 2 aromatic carbocycles. The Balaban J connectivity index is 1.55. The Labute approximate surface area is 200 Å². The number of amides is 1. The monoisotopic (exact) mass is 486 g/mol. The van der Waals surface area contributed by atoms with E-state index in [1.165, 1.54) is 27.8 Å². The zero-order valence-electron chi connectivity index (χ0n) is 19.4. The second-order valence-electron chi connectivity index (χ2n) is 8.39. The average Bonchev–Trinajstić information content (AvgIpc) is 2.84. The molecular formula is C25H25F3N4O3. The van der Waals surface area contributed by atoms with Crippen LogP contribution in [-0.4, -0.2) is 53.9 Å². The Morgan fingerprint density at radius 2 is 1.74 bits per heavy atom. The number of halogens is 3. The first kappa shape index (κ1) is 24.5. The molecule has 1 aliphatic heterocycles. The lowest BCUT2D eigenvalue weighted by molar-refractivity contribution is -0.137. The largest absolute Gasteiger partial charge is 0.416 e. The number of hydrogen-bond acceptors (Lipinski definition) is 5. The Kier molecular flexibility index (Phi) is 6.93. The average molecular weight is 486 g/mol. The van der Waals surface area contributed by atoms with E-state index in [0.717, 1.165) is 36.5 Å². The van der Waals surface area contributed by atoms with Crippen LogP contribution < -0.4 is 10.3 Å². The summed E-state index contributed by atoms with van der Waals surface area (Å²) in [5, 5.41) is 4.13. The lowest BCUT2D eigenvalue weighted by atomic mass is 10.1. The zero-order valence-corrected chi connectivity index (χ0v) is 19.4. The SMILES string of the molecule is Cc1cc(=O)c(C(=O)N(C)Cc2ccc(N3CCOCC3)cc2)nn1-c1cccc(C(F)(F)F)c1. The van der Waals surface area contributed by atoms with Gasteiger partial charge in [-0.3, -0.25) is 9.59 Å². The summed E-state index contributed by atoms with van der Waals surface area (Å²) >= 11 is 0. The van der Waals surface area contributed by atoms with Crippen LogP contribution in [0.15, 0.2) is 59.4 Å². The predicted molar refractivity (Wildman–Crippen MR) is 125 cm³/mol. The molecule has 1 saturated heterocycles. The lowest BCUT2D eigenvalue weighted by Gasteiger charge is -2.29. The molecule has 0 aliphatic carbocycles. The minimum atomic E-state index is -4.53. The van der Waals surface area contributed by atoms with Crippen LogP contribution in [0.25, 0.3) is 5.69 Å². The van der Waals surface area contributed by atoms with Gasteiger partial charge in [0, 0.05) is 44.1 Å². The van der Waals surface area contributed by atoms with Gasteiger partial charge >= 0.3 is 6.18 Å². The molecule has 0 unspecified atom stereocenters. The number of carbonyl (C=O) groups is 1. The molecule has 1 aromatic heterocycles. The fraction of sp³-hybridized carbons (Fsp3) is 0.320. The maximum Gasteiger partial charge on any atom is 0.416 e. The number of rotatable bonds is 5. The minimum absolute atomic E-state index is 0.104. The number of benzene rings is 2. The van der Waals surface area contributed by atoms with Crippen molar-refractivity contribution in [1.29, 1.82) is 0 Å². The van der Waals surface area contributed by atoms with Gasteiger partial charge in [-0.1, -0.05) is 18.2 Å². The van der Waals surface area contributed by atoms with Crippen molar-refractivity contribution in [2.75, 3.05) is 38.3 Å². The molecule has 0 N–H and O–H groups in total. The van der Waals surface area contributed by atoms with E-state index in [1.807, 2.05) is 24.3 Å². The Morgan fingerprint density at radius 3 is 2.40 bits per heavy atom. The van der Waals surface area contributed by atoms with Gasteiger partial charge in [0.05, 0.1) is 24.5 Å². The van der Waals surface area contributed by atoms with Gasteiger partial charge in [0.2, 0.25) is 5.43 Å². The first-order chi connectivity index (χ1) is 16.6. The van der Waals surface area contributed by atoms with E-state index in [4.69, 9.17) is 4.74 Å². The number of aryl methyl sites for hydroxylation is 1. The molecule has 1 amide bonds. The van der Waals surface area contributed by atoms with Gasteiger partial charge in [-0.05, 0) is 42.8 Å². The Hall–Kier alpha value is -3.66. The number of alkyl halides is 3. The first-order valence-corrected chi connectivity index (χ1v) is 11.1. The van der Waals surface area contributed by atoms with Crippen molar-refractivity contribution >= 4 is 11.6 Å². The van der Waals surface area contributed by atoms with Gasteiger partial charge in [-0.2, -0.15) is 18.3 Å². The third kappa shape index (κ3) is 5.54. The molecule has 0 spiro atoms. The lowest BCUT2D eigenvalue weighted by Crippen LogP contribution is -2.36. The summed E-state index contributed by atoms with van der Waals surface area (Å²) in [7, 11) is 1.55. The summed E-state index contributed by atoms with van der Waals surface area (Å²) in [6.07, 6.45) is -4.53. The Bertz CT molecular complexity index is 1270. The van der Waals surface area contributed by atoms with Crippen LogP contribution in [0, 0.1) is 6.92 Å². The number of carbonyl (C=O) groups excluding carboxylic acids is 1. The molecule has 3 aromatic rings. The van der Waals surface area contributed by atoms with Crippen LogP contribution in [0.5, 0.6) is 0 Å². The number of anilines is 1. The first-order valence-electron chi connectivity index (χ1n) is 11.1. The summed E-state index contributed by atoms with van der Waals surface area (Å²) < 4.78 is 46.0. The van der Waals surface area contributed by atoms with Crippen molar-refractivity contribution < 1.29 is 22.7 Å². The van der Waals surface area contributed by atoms with Crippen LogP contribution in [0.3, 0.4) is 0 Å². The van der Waals surface area contributed by atoms with E-state index in [0.29, 0.717) is 18.9 Å². The fourth-order valence-corrected chi connectivity index (χ4v) is 3.93. The number of morpholine rings is 1. The second kappa shape index (κ2) is 9.91. The van der Waals surface area contributed by atoms with Crippen molar-refractivity contribution in [2.45, 2.75) is 19.6 Å². The van der Waals surface area contributed by atoms with Crippen molar-refractivity contribution in [3.8, 4) is 5.69 Å². The number of hydrogen-bond donors (Lipinski definition) is 0. The summed E-state index contributed by atoms with van der Waals surface area (Å²) in [4.78, 5) is 29.2. The molecule has 4 rings (SSSR count). The molecule has 35 heavy (non-hydrogen) atoms. The van der Waals surface area contributed by atoms with E-state index >= 15 is 0 Å². The smallest absolute Gasteiger partial charge is 0.378 e. The minimum Gasteiger partial charge on any atom is -0.378 e. The van der Waals surface area contributed by atoms with E-state index in [2.05, 4.69) is 10.00 Å². The van der Waals surface area contributed by atoms with Crippen LogP contribution in [-0.2, 0) is 17.5 Å². The van der Waals surface area contributed by atoms with Gasteiger partial charge in [-0.25, -0.2) is 4.68 Å². The third-order valence-corrected chi connectivity index (χ3v) is 5.81. The fourth-order valence-electron chi connectivity index (χ4n) is 3.93. The summed E-state index contributed by atoms with van der Waals surface area (Å²) in [6.45, 7) is 4.77. The summed E-state index contributed by atoms with van der Waals surface area (Å²) in [6, 6.07) is 13.6. The highest BCUT2D eigenvalue weighted by atomic mass is 19.4. The van der Waals surface area contributed by atoms with Gasteiger partial charge in [0.1, 0.15) is 0 Å². The van der Waals surface area contributed by atoms with Crippen molar-refractivity contribution in [3.63, 3.8) is 0 Å². The van der Waals surface area contributed by atoms with Crippen LogP contribution >= 0.6 is 0 Å². The molecular weight excluding hydrogens is 461 g/mol. The Morgan fingerprint density at radius 1 is 1.06 bits per heavy atom. The number of ether oxygens (including phenoxy) is 1. The van der Waals surface area contributed by atoms with Crippen molar-refractivity contribution in [2.24, 2.45) is 0 Å². The highest BCUT2D eigenvalue weighted by molar-refractivity contribution is 5.91. The molecule has 0 bridgehead atoms. The molecule has 0 saturated carbocycles. The normalized spacial score (nSPS) is 14.1. The van der Waals surface area contributed by atoms with E-state index in [9.17, 15) is 22.8 Å². The van der Waals surface area contributed by atoms with Crippen LogP contribution in [0.4, 0.5) is 18.9 Å². The second-order valence-corrected chi connectivity index (χ2v) is 8.39. The number of aromatic nitrogens is 2. The highest BCUT2D eigenvalue weighted by Crippen LogP contribution is 2.30. The van der Waals surface area contributed by atoms with E-state index in [1.54, 1.807) is 14.0 Å². The summed E-state index contributed by atoms with van der Waals surface area (Å²) in [5.74, 6) is -0.618.